The van der Waals surface area contributed by atoms with E-state index in [1.807, 2.05) is 37.3 Å². The number of para-hydroxylation sites is 1. The van der Waals surface area contributed by atoms with Crippen molar-refractivity contribution >= 4 is 22.5 Å². The van der Waals surface area contributed by atoms with Crippen molar-refractivity contribution < 1.29 is 9.18 Å². The first-order chi connectivity index (χ1) is 16.4. The van der Waals surface area contributed by atoms with Gasteiger partial charge in [0.1, 0.15) is 5.82 Å². The highest BCUT2D eigenvalue weighted by atomic mass is 19.1. The Morgan fingerprint density at radius 1 is 0.912 bits per heavy atom. The average molecular weight is 460 g/mol. The fourth-order valence-corrected chi connectivity index (χ4v) is 4.03. The summed E-state index contributed by atoms with van der Waals surface area (Å²) in [6, 6.07) is 20.6. The summed E-state index contributed by atoms with van der Waals surface area (Å²) in [5.74, 6) is -0.568. The molecule has 1 aromatic heterocycles. The number of hydrogen-bond acceptors (Lipinski definition) is 3. The average Bonchev–Trinajstić information content (AvgIpc) is 2.83. The van der Waals surface area contributed by atoms with Gasteiger partial charge >= 0.3 is 5.69 Å². The second-order valence-electron chi connectivity index (χ2n) is 8.34. The highest BCUT2D eigenvalue weighted by Crippen LogP contribution is 2.13. The van der Waals surface area contributed by atoms with E-state index >= 15 is 0 Å². The zero-order valence-corrected chi connectivity index (χ0v) is 19.0. The van der Waals surface area contributed by atoms with Crippen LogP contribution in [-0.2, 0) is 17.9 Å². The van der Waals surface area contributed by atoms with Gasteiger partial charge in [-0.05, 0) is 61.7 Å². The van der Waals surface area contributed by atoms with Crippen LogP contribution in [0.1, 0.15) is 30.4 Å². The van der Waals surface area contributed by atoms with Gasteiger partial charge in [-0.2, -0.15) is 0 Å². The molecule has 174 valence electrons. The van der Waals surface area contributed by atoms with Crippen molar-refractivity contribution in [3.8, 4) is 0 Å². The number of unbranched alkanes of at least 4 members (excludes halogenated alkanes) is 1. The molecule has 1 amide bonds. The SMILES string of the molecule is Cc1cccc(Cn2c(=O)n(CCCCC(=O)Nc3ccc(F)cc3)c(=O)c3ccccc32)c1. The number of rotatable bonds is 8. The number of nitrogens with zero attached hydrogens (tertiary/aromatic N) is 2. The normalized spacial score (nSPS) is 11.0. The smallest absolute Gasteiger partial charge is 0.326 e. The Labute approximate surface area is 196 Å². The number of amides is 1. The van der Waals surface area contributed by atoms with Crippen LogP contribution in [-0.4, -0.2) is 15.0 Å². The molecule has 3 aromatic carbocycles. The maximum Gasteiger partial charge on any atom is 0.331 e. The number of carbonyl (C=O) groups is 1. The van der Waals surface area contributed by atoms with Crippen LogP contribution in [0.2, 0.25) is 0 Å². The Morgan fingerprint density at radius 2 is 1.68 bits per heavy atom. The number of nitrogens with one attached hydrogen (secondary N) is 1. The topological polar surface area (TPSA) is 73.1 Å². The monoisotopic (exact) mass is 459 g/mol. The molecule has 0 aliphatic carbocycles. The van der Waals surface area contributed by atoms with Gasteiger partial charge in [-0.25, -0.2) is 9.18 Å². The van der Waals surface area contributed by atoms with Crippen molar-refractivity contribution in [1.29, 1.82) is 0 Å². The van der Waals surface area contributed by atoms with E-state index in [1.165, 1.54) is 28.8 Å². The Morgan fingerprint density at radius 3 is 2.44 bits per heavy atom. The molecule has 0 atom stereocenters. The van der Waals surface area contributed by atoms with E-state index in [2.05, 4.69) is 5.32 Å². The fourth-order valence-electron chi connectivity index (χ4n) is 4.03. The molecule has 4 aromatic rings. The Balaban J connectivity index is 1.50. The Bertz CT molecular complexity index is 1440. The summed E-state index contributed by atoms with van der Waals surface area (Å²) >= 11 is 0. The van der Waals surface area contributed by atoms with Crippen LogP contribution in [0.4, 0.5) is 10.1 Å². The fraction of sp³-hybridized carbons (Fsp3) is 0.222. The lowest BCUT2D eigenvalue weighted by molar-refractivity contribution is -0.116. The van der Waals surface area contributed by atoms with E-state index < -0.39 is 0 Å². The zero-order valence-electron chi connectivity index (χ0n) is 19.0. The molecule has 34 heavy (non-hydrogen) atoms. The van der Waals surface area contributed by atoms with E-state index in [0.717, 1.165) is 11.1 Å². The summed E-state index contributed by atoms with van der Waals surface area (Å²) in [6.45, 7) is 2.58. The molecule has 1 N–H and O–H groups in total. The molecule has 0 saturated heterocycles. The molecule has 0 unspecified atom stereocenters. The minimum atomic E-state index is -0.369. The quantitative estimate of drug-likeness (QED) is 0.395. The van der Waals surface area contributed by atoms with E-state index in [1.54, 1.807) is 22.8 Å². The summed E-state index contributed by atoms with van der Waals surface area (Å²) in [5, 5.41) is 3.21. The van der Waals surface area contributed by atoms with Crippen molar-refractivity contribution in [2.75, 3.05) is 5.32 Å². The lowest BCUT2D eigenvalue weighted by Crippen LogP contribution is -2.40. The number of halogens is 1. The van der Waals surface area contributed by atoms with Crippen LogP contribution in [0.25, 0.3) is 10.9 Å². The standard InChI is InChI=1S/C27H26FN3O3/c1-19-7-6-8-20(17-19)18-31-24-10-3-2-9-23(24)26(33)30(27(31)34)16-5-4-11-25(32)29-22-14-12-21(28)13-15-22/h2-3,6-10,12-15,17H,4-5,11,16,18H2,1H3,(H,29,32). The van der Waals surface area contributed by atoms with Gasteiger partial charge < -0.3 is 5.32 Å². The van der Waals surface area contributed by atoms with E-state index in [0.29, 0.717) is 36.0 Å². The summed E-state index contributed by atoms with van der Waals surface area (Å²) in [4.78, 5) is 38.5. The number of benzene rings is 3. The van der Waals surface area contributed by atoms with Crippen LogP contribution in [0.5, 0.6) is 0 Å². The first kappa shape index (κ1) is 23.2. The van der Waals surface area contributed by atoms with Gasteiger partial charge in [-0.15, -0.1) is 0 Å². The summed E-state index contributed by atoms with van der Waals surface area (Å²) in [6.07, 6.45) is 1.23. The zero-order chi connectivity index (χ0) is 24.1. The number of fused-ring (bicyclic) bond motifs is 1. The maximum absolute atomic E-state index is 13.3. The third-order valence-corrected chi connectivity index (χ3v) is 5.72. The van der Waals surface area contributed by atoms with Gasteiger partial charge in [-0.1, -0.05) is 42.0 Å². The van der Waals surface area contributed by atoms with E-state index in [9.17, 15) is 18.8 Å². The van der Waals surface area contributed by atoms with Gasteiger partial charge in [0, 0.05) is 18.7 Å². The highest BCUT2D eigenvalue weighted by molar-refractivity contribution is 5.90. The van der Waals surface area contributed by atoms with Crippen molar-refractivity contribution in [3.63, 3.8) is 0 Å². The number of carbonyl (C=O) groups excluding carboxylic acids is 1. The molecule has 0 spiro atoms. The first-order valence-corrected chi connectivity index (χ1v) is 11.3. The van der Waals surface area contributed by atoms with Crippen molar-refractivity contribution in [1.82, 2.24) is 9.13 Å². The van der Waals surface area contributed by atoms with E-state index in [-0.39, 0.29) is 35.9 Å². The summed E-state index contributed by atoms with van der Waals surface area (Å²) in [7, 11) is 0. The van der Waals surface area contributed by atoms with Crippen LogP contribution in [0.3, 0.4) is 0 Å². The second-order valence-corrected chi connectivity index (χ2v) is 8.34. The predicted octanol–water partition coefficient (Wildman–Crippen LogP) is 4.47. The van der Waals surface area contributed by atoms with Crippen LogP contribution in [0, 0.1) is 12.7 Å². The predicted molar refractivity (Wildman–Crippen MR) is 132 cm³/mol. The molecule has 0 aliphatic heterocycles. The van der Waals surface area contributed by atoms with Gasteiger partial charge in [0.25, 0.3) is 5.56 Å². The lowest BCUT2D eigenvalue weighted by atomic mass is 10.1. The Kier molecular flexibility index (Phi) is 7.01. The van der Waals surface area contributed by atoms with E-state index in [4.69, 9.17) is 0 Å². The van der Waals surface area contributed by atoms with Crippen molar-refractivity contribution in [2.24, 2.45) is 0 Å². The number of aromatic nitrogens is 2. The summed E-state index contributed by atoms with van der Waals surface area (Å²) < 4.78 is 15.9. The lowest BCUT2D eigenvalue weighted by Gasteiger charge is -2.14. The molecule has 6 nitrogen and oxygen atoms in total. The molecule has 0 bridgehead atoms. The number of hydrogen-bond donors (Lipinski definition) is 1. The largest absolute Gasteiger partial charge is 0.331 e. The van der Waals surface area contributed by atoms with Gasteiger partial charge in [-0.3, -0.25) is 18.7 Å². The van der Waals surface area contributed by atoms with Gasteiger partial charge in [0.2, 0.25) is 5.91 Å². The first-order valence-electron chi connectivity index (χ1n) is 11.3. The Hall–Kier alpha value is -4.00. The molecule has 7 heteroatoms. The molecule has 0 radical (unpaired) electrons. The molecule has 1 heterocycles. The van der Waals surface area contributed by atoms with Crippen LogP contribution in [0.15, 0.2) is 82.4 Å². The molecular formula is C27H26FN3O3. The molecular weight excluding hydrogens is 433 g/mol. The molecule has 0 fully saturated rings. The third kappa shape index (κ3) is 5.31. The maximum atomic E-state index is 13.3. The van der Waals surface area contributed by atoms with Crippen LogP contribution >= 0.6 is 0 Å². The number of anilines is 1. The minimum Gasteiger partial charge on any atom is -0.326 e. The van der Waals surface area contributed by atoms with Crippen molar-refractivity contribution in [3.05, 3.63) is 111 Å². The summed E-state index contributed by atoms with van der Waals surface area (Å²) in [5.41, 5.74) is 2.53. The second kappa shape index (κ2) is 10.3. The van der Waals surface area contributed by atoms with Crippen molar-refractivity contribution in [2.45, 2.75) is 39.3 Å². The van der Waals surface area contributed by atoms with Crippen LogP contribution < -0.4 is 16.6 Å². The highest BCUT2D eigenvalue weighted by Gasteiger charge is 2.13. The third-order valence-electron chi connectivity index (χ3n) is 5.72. The molecule has 4 rings (SSSR count). The van der Waals surface area contributed by atoms with Gasteiger partial charge in [0.05, 0.1) is 17.4 Å². The number of aryl methyl sites for hydroxylation is 1. The molecule has 0 aliphatic rings. The minimum absolute atomic E-state index is 0.200. The van der Waals surface area contributed by atoms with Gasteiger partial charge in [0.15, 0.2) is 0 Å². The molecule has 0 saturated carbocycles.